The molecule has 1 aliphatic rings. The fraction of sp³-hybridized carbons (Fsp3) is 0.111. The van der Waals surface area contributed by atoms with Crippen molar-refractivity contribution in [1.82, 2.24) is 4.57 Å². The number of anilines is 2. The Morgan fingerprint density at radius 1 is 0.554 bits per heavy atom. The lowest BCUT2D eigenvalue weighted by Gasteiger charge is -2.22. The van der Waals surface area contributed by atoms with Gasteiger partial charge in [0.2, 0.25) is 0 Å². The number of fused-ring (bicyclic) bond motifs is 4. The molecule has 0 atom stereocenters. The van der Waals surface area contributed by atoms with Crippen LogP contribution in [-0.4, -0.2) is 4.57 Å². The minimum Gasteiger partial charge on any atom is -0.343 e. The van der Waals surface area contributed by atoms with Gasteiger partial charge in [0.05, 0.1) is 5.52 Å². The lowest BCUT2D eigenvalue weighted by atomic mass is 9.94. The normalized spacial score (nSPS) is 12.4. The Balaban J connectivity index is 0.000000290. The molecule has 0 saturated carbocycles. The van der Waals surface area contributed by atoms with E-state index in [2.05, 4.69) is 217 Å². The molecule has 0 N–H and O–H groups in total. The second-order valence-electron chi connectivity index (χ2n) is 13.7. The first-order valence-electron chi connectivity index (χ1n) is 19.8. The van der Waals surface area contributed by atoms with Crippen LogP contribution in [0.15, 0.2) is 206 Å². The van der Waals surface area contributed by atoms with Crippen LogP contribution in [0.3, 0.4) is 0 Å². The maximum Gasteiger partial charge on any atom is 0.0574 e. The third-order valence-electron chi connectivity index (χ3n) is 10.3. The average molecular weight is 727 g/mol. The van der Waals surface area contributed by atoms with Crippen molar-refractivity contribution in [3.63, 3.8) is 0 Å². The first kappa shape index (κ1) is 37.7. The second-order valence-corrected chi connectivity index (χ2v) is 13.7. The van der Waals surface area contributed by atoms with Crippen molar-refractivity contribution in [2.75, 3.05) is 4.90 Å². The summed E-state index contributed by atoms with van der Waals surface area (Å²) in [5.41, 5.74) is 12.5. The van der Waals surface area contributed by atoms with E-state index in [4.69, 9.17) is 0 Å². The molecule has 0 aliphatic heterocycles. The summed E-state index contributed by atoms with van der Waals surface area (Å²) in [5, 5.41) is 5.11. The van der Waals surface area contributed by atoms with Crippen molar-refractivity contribution in [2.45, 2.75) is 33.6 Å². The summed E-state index contributed by atoms with van der Waals surface area (Å²) < 4.78 is 2.35. The van der Waals surface area contributed by atoms with Crippen molar-refractivity contribution in [3.05, 3.63) is 212 Å². The van der Waals surface area contributed by atoms with E-state index in [1.54, 1.807) is 0 Å². The van der Waals surface area contributed by atoms with Crippen LogP contribution in [0, 0.1) is 0 Å². The third kappa shape index (κ3) is 8.06. The maximum atomic E-state index is 2.35. The Labute approximate surface area is 332 Å². The van der Waals surface area contributed by atoms with Crippen molar-refractivity contribution in [1.29, 1.82) is 0 Å². The number of hydrogen-bond donors (Lipinski definition) is 0. The van der Waals surface area contributed by atoms with Gasteiger partial charge in [-0.3, -0.25) is 0 Å². The molecule has 8 aromatic rings. The summed E-state index contributed by atoms with van der Waals surface area (Å²) in [6.07, 6.45) is 17.3. The predicted molar refractivity (Wildman–Crippen MR) is 245 cm³/mol. The van der Waals surface area contributed by atoms with Crippen molar-refractivity contribution >= 4 is 49.5 Å². The van der Waals surface area contributed by atoms with Crippen LogP contribution in [0.1, 0.15) is 39.2 Å². The van der Waals surface area contributed by atoms with E-state index in [-0.39, 0.29) is 0 Å². The number of nitrogens with zero attached hydrogens (tertiary/aromatic N) is 2. The van der Waals surface area contributed by atoms with Crippen LogP contribution in [0.25, 0.3) is 60.4 Å². The van der Waals surface area contributed by atoms with Crippen molar-refractivity contribution in [3.8, 4) is 22.3 Å². The van der Waals surface area contributed by atoms with Gasteiger partial charge in [0.15, 0.2) is 0 Å². The van der Waals surface area contributed by atoms with Crippen LogP contribution in [0.2, 0.25) is 0 Å². The number of benzene rings is 7. The topological polar surface area (TPSA) is 8.17 Å². The van der Waals surface area contributed by atoms with Crippen LogP contribution in [0.5, 0.6) is 0 Å². The average Bonchev–Trinajstić information content (AvgIpc) is 3.57. The Kier molecular flexibility index (Phi) is 12.2. The molecule has 0 unspecified atom stereocenters. The lowest BCUT2D eigenvalue weighted by Crippen LogP contribution is -2.08. The Hall–Kier alpha value is -6.64. The molecule has 0 amide bonds. The number of para-hydroxylation sites is 1. The highest BCUT2D eigenvalue weighted by molar-refractivity contribution is 6.20. The summed E-state index contributed by atoms with van der Waals surface area (Å²) in [5.74, 6) is 0. The molecule has 0 spiro atoms. The molecule has 0 bridgehead atoms. The second kappa shape index (κ2) is 18.1. The monoisotopic (exact) mass is 726 g/mol. The van der Waals surface area contributed by atoms with Crippen LogP contribution < -0.4 is 4.90 Å². The van der Waals surface area contributed by atoms with Gasteiger partial charge in [-0.05, 0) is 101 Å². The Bertz CT molecular complexity index is 2640. The van der Waals surface area contributed by atoms with E-state index in [9.17, 15) is 0 Å². The quantitative estimate of drug-likeness (QED) is 0.148. The van der Waals surface area contributed by atoms with Gasteiger partial charge in [-0.2, -0.15) is 0 Å². The minimum atomic E-state index is 1.11. The minimum absolute atomic E-state index is 1.11. The number of aryl methyl sites for hydroxylation is 1. The van der Waals surface area contributed by atoms with Crippen molar-refractivity contribution in [2.24, 2.45) is 7.05 Å². The molecule has 276 valence electrons. The zero-order valence-electron chi connectivity index (χ0n) is 32.9. The molecule has 2 nitrogen and oxygen atoms in total. The van der Waals surface area contributed by atoms with Gasteiger partial charge in [0.1, 0.15) is 0 Å². The largest absolute Gasteiger partial charge is 0.343 e. The maximum absolute atomic E-state index is 2.35. The lowest BCUT2D eigenvalue weighted by molar-refractivity contribution is 1.02. The number of aromatic nitrogens is 1. The van der Waals surface area contributed by atoms with E-state index in [0.29, 0.717) is 0 Å². The van der Waals surface area contributed by atoms with Crippen LogP contribution in [-0.2, 0) is 7.05 Å². The molecule has 0 fully saturated rings. The molecular weight excluding hydrogens is 677 g/mol. The van der Waals surface area contributed by atoms with Gasteiger partial charge >= 0.3 is 0 Å². The molecule has 56 heavy (non-hydrogen) atoms. The zero-order chi connectivity index (χ0) is 38.7. The molecule has 1 heterocycles. The third-order valence-corrected chi connectivity index (χ3v) is 10.3. The summed E-state index contributed by atoms with van der Waals surface area (Å²) >= 11 is 0. The Morgan fingerprint density at radius 2 is 1.12 bits per heavy atom. The summed E-state index contributed by atoms with van der Waals surface area (Å²) in [6.45, 7) is 6.04. The summed E-state index contributed by atoms with van der Waals surface area (Å²) in [7, 11) is 2.18. The smallest absolute Gasteiger partial charge is 0.0574 e. The number of rotatable bonds is 7. The van der Waals surface area contributed by atoms with Gasteiger partial charge in [-0.15, -0.1) is 0 Å². The van der Waals surface area contributed by atoms with Crippen LogP contribution in [0.4, 0.5) is 11.4 Å². The zero-order valence-corrected chi connectivity index (χ0v) is 32.9. The summed E-state index contributed by atoms with van der Waals surface area (Å²) in [4.78, 5) is 2.24. The first-order valence-corrected chi connectivity index (χ1v) is 19.8. The molecule has 0 radical (unpaired) electrons. The van der Waals surface area contributed by atoms with E-state index in [1.807, 2.05) is 26.8 Å². The fourth-order valence-electron chi connectivity index (χ4n) is 7.59. The Morgan fingerprint density at radius 3 is 1.77 bits per heavy atom. The molecular formula is C54H50N2. The molecule has 9 rings (SSSR count). The molecule has 2 heteroatoms. The van der Waals surface area contributed by atoms with Gasteiger partial charge in [0.25, 0.3) is 0 Å². The highest BCUT2D eigenvalue weighted by atomic mass is 15.1. The molecule has 1 aliphatic carbocycles. The molecule has 0 saturated heterocycles. The van der Waals surface area contributed by atoms with Gasteiger partial charge in [0, 0.05) is 46.5 Å². The highest BCUT2D eigenvalue weighted by Crippen LogP contribution is 2.41. The van der Waals surface area contributed by atoms with Crippen molar-refractivity contribution < 1.29 is 0 Å². The predicted octanol–water partition coefficient (Wildman–Crippen LogP) is 15.5. The standard InChI is InChI=1S/C40H32N2.C12H12.C2H6/c1-3-4-12-27-42(33-23-19-30(20-24-33)29-13-6-5-7-14-29)34-25-21-31(22-26-34)39-35-16-9-8-15-32(35)28-37-36-17-10-11-18-38(36)41(2)40(37)39;1-3-7-11(8-4-1)12-9-5-2-6-10-12;1-2/h3-28H,1-2H3;1-5,7-9H,6,10H2;1-2H3/b4-3-,27-12-;;. The van der Waals surface area contributed by atoms with E-state index in [1.165, 1.54) is 78.8 Å². The fourth-order valence-corrected chi connectivity index (χ4v) is 7.59. The van der Waals surface area contributed by atoms with Gasteiger partial charge < -0.3 is 9.47 Å². The molecule has 7 aromatic carbocycles. The van der Waals surface area contributed by atoms with E-state index in [0.717, 1.165) is 11.4 Å². The van der Waals surface area contributed by atoms with E-state index < -0.39 is 0 Å². The van der Waals surface area contributed by atoms with Gasteiger partial charge in [-0.1, -0.05) is 172 Å². The highest BCUT2D eigenvalue weighted by Gasteiger charge is 2.17. The van der Waals surface area contributed by atoms with E-state index >= 15 is 0 Å². The van der Waals surface area contributed by atoms with Crippen LogP contribution >= 0.6 is 0 Å². The summed E-state index contributed by atoms with van der Waals surface area (Å²) in [6, 6.07) is 58.7. The SMILES string of the molecule is C/C=C\C=C/N(c1ccc(-c2ccccc2)cc1)c1ccc(-c2c3ccccc3cc3c4ccccc4n(C)c23)cc1.C1=CCCC(c2ccccc2)=C1.CC. The molecule has 1 aromatic heterocycles. The van der Waals surface area contributed by atoms with Gasteiger partial charge in [-0.25, -0.2) is 0 Å². The number of allylic oxidation sites excluding steroid dienone is 7. The number of hydrogen-bond acceptors (Lipinski definition) is 1. The first-order chi connectivity index (χ1) is 27.7.